The second-order valence-electron chi connectivity index (χ2n) is 4.34. The van der Waals surface area contributed by atoms with Crippen LogP contribution < -0.4 is 9.57 Å². The maximum Gasteiger partial charge on any atom is 0.276 e. The Morgan fingerprint density at radius 2 is 1.81 bits per heavy atom. The van der Waals surface area contributed by atoms with Crippen molar-refractivity contribution in [2.24, 2.45) is 5.10 Å². The standard InChI is InChI=1S/C15H16N2O3S/c1-12(13-7-6-8-14(11-13)20-2)16-17-21(18,19)15-9-4-3-5-10-15/h3-11,17H,1-2H3/b16-12+. The van der Waals surface area contributed by atoms with Crippen molar-refractivity contribution in [1.82, 2.24) is 4.83 Å². The molecule has 0 amide bonds. The highest BCUT2D eigenvalue weighted by Gasteiger charge is 2.12. The molecule has 0 radical (unpaired) electrons. The number of nitrogens with one attached hydrogen (secondary N) is 1. The molecule has 110 valence electrons. The average Bonchev–Trinajstić information content (AvgIpc) is 2.53. The van der Waals surface area contributed by atoms with Gasteiger partial charge < -0.3 is 4.74 Å². The number of hydrazone groups is 1. The number of hydrogen-bond donors (Lipinski definition) is 1. The largest absolute Gasteiger partial charge is 0.497 e. The molecule has 0 saturated heterocycles. The predicted molar refractivity (Wildman–Crippen MR) is 82.0 cm³/mol. The zero-order valence-corrected chi connectivity index (χ0v) is 12.6. The van der Waals surface area contributed by atoms with Gasteiger partial charge in [-0.05, 0) is 31.2 Å². The van der Waals surface area contributed by atoms with Gasteiger partial charge in [-0.3, -0.25) is 0 Å². The summed E-state index contributed by atoms with van der Waals surface area (Å²) in [4.78, 5) is 2.40. The van der Waals surface area contributed by atoms with E-state index >= 15 is 0 Å². The fourth-order valence-electron chi connectivity index (χ4n) is 1.69. The molecule has 0 aliphatic carbocycles. The zero-order valence-electron chi connectivity index (χ0n) is 11.8. The van der Waals surface area contributed by atoms with Crippen LogP contribution in [-0.2, 0) is 10.0 Å². The van der Waals surface area contributed by atoms with Gasteiger partial charge in [-0.25, -0.2) is 0 Å². The lowest BCUT2D eigenvalue weighted by Gasteiger charge is -2.06. The van der Waals surface area contributed by atoms with Crippen LogP contribution in [0.1, 0.15) is 12.5 Å². The summed E-state index contributed by atoms with van der Waals surface area (Å²) in [6.07, 6.45) is 0. The van der Waals surface area contributed by atoms with Crippen LogP contribution in [-0.4, -0.2) is 21.2 Å². The fourth-order valence-corrected chi connectivity index (χ4v) is 2.57. The Balaban J connectivity index is 2.20. The van der Waals surface area contributed by atoms with Gasteiger partial charge >= 0.3 is 0 Å². The molecule has 0 aliphatic heterocycles. The molecule has 0 atom stereocenters. The van der Waals surface area contributed by atoms with Crippen molar-refractivity contribution in [3.63, 3.8) is 0 Å². The maximum absolute atomic E-state index is 12.0. The summed E-state index contributed by atoms with van der Waals surface area (Å²) < 4.78 is 29.2. The first kappa shape index (κ1) is 15.1. The van der Waals surface area contributed by atoms with E-state index in [1.807, 2.05) is 18.2 Å². The van der Waals surface area contributed by atoms with Gasteiger partial charge in [0.05, 0.1) is 17.7 Å². The molecule has 0 fully saturated rings. The van der Waals surface area contributed by atoms with E-state index in [0.717, 1.165) is 5.56 Å². The summed E-state index contributed by atoms with van der Waals surface area (Å²) in [5.41, 5.74) is 1.33. The highest BCUT2D eigenvalue weighted by molar-refractivity contribution is 7.89. The average molecular weight is 304 g/mol. The first-order chi connectivity index (χ1) is 10.0. The van der Waals surface area contributed by atoms with Crippen LogP contribution in [0.25, 0.3) is 0 Å². The maximum atomic E-state index is 12.0. The quantitative estimate of drug-likeness (QED) is 0.681. The Hall–Kier alpha value is -2.34. The number of hydrogen-bond acceptors (Lipinski definition) is 4. The number of methoxy groups -OCH3 is 1. The topological polar surface area (TPSA) is 67.8 Å². The van der Waals surface area contributed by atoms with E-state index < -0.39 is 10.0 Å². The number of sulfonamides is 1. The lowest BCUT2D eigenvalue weighted by atomic mass is 10.1. The van der Waals surface area contributed by atoms with E-state index in [9.17, 15) is 8.42 Å². The van der Waals surface area contributed by atoms with Gasteiger partial charge in [0.15, 0.2) is 0 Å². The van der Waals surface area contributed by atoms with E-state index in [1.165, 1.54) is 12.1 Å². The van der Waals surface area contributed by atoms with Crippen LogP contribution in [0.4, 0.5) is 0 Å². The third-order valence-corrected chi connectivity index (χ3v) is 4.10. The van der Waals surface area contributed by atoms with Crippen LogP contribution >= 0.6 is 0 Å². The van der Waals surface area contributed by atoms with Crippen LogP contribution in [0.5, 0.6) is 5.75 Å². The Morgan fingerprint density at radius 1 is 1.10 bits per heavy atom. The predicted octanol–water partition coefficient (Wildman–Crippen LogP) is 2.40. The van der Waals surface area contributed by atoms with Gasteiger partial charge in [0, 0.05) is 5.56 Å². The SMILES string of the molecule is COc1cccc(/C(C)=N/NS(=O)(=O)c2ccccc2)c1. The fraction of sp³-hybridized carbons (Fsp3) is 0.133. The number of ether oxygens (including phenoxy) is 1. The Kier molecular flexibility index (Phi) is 4.59. The second kappa shape index (κ2) is 6.41. The van der Waals surface area contributed by atoms with E-state index in [-0.39, 0.29) is 4.90 Å². The lowest BCUT2D eigenvalue weighted by Crippen LogP contribution is -2.19. The minimum atomic E-state index is -3.65. The molecule has 0 spiro atoms. The second-order valence-corrected chi connectivity index (χ2v) is 6.00. The normalized spacial score (nSPS) is 12.0. The third-order valence-electron chi connectivity index (χ3n) is 2.87. The first-order valence-corrected chi connectivity index (χ1v) is 7.77. The third kappa shape index (κ3) is 3.82. The lowest BCUT2D eigenvalue weighted by molar-refractivity contribution is 0.414. The molecular formula is C15H16N2O3S. The van der Waals surface area contributed by atoms with Crippen molar-refractivity contribution in [2.45, 2.75) is 11.8 Å². The van der Waals surface area contributed by atoms with Crippen molar-refractivity contribution in [3.05, 3.63) is 60.2 Å². The van der Waals surface area contributed by atoms with Crippen LogP contribution in [0, 0.1) is 0 Å². The molecular weight excluding hydrogens is 288 g/mol. The summed E-state index contributed by atoms with van der Waals surface area (Å²) in [6, 6.07) is 15.3. The molecule has 5 nitrogen and oxygen atoms in total. The van der Waals surface area contributed by atoms with E-state index in [1.54, 1.807) is 38.3 Å². The molecule has 2 aromatic rings. The van der Waals surface area contributed by atoms with E-state index in [4.69, 9.17) is 4.74 Å². The summed E-state index contributed by atoms with van der Waals surface area (Å²) in [5, 5.41) is 3.94. The van der Waals surface area contributed by atoms with Gasteiger partial charge in [0.25, 0.3) is 10.0 Å². The molecule has 0 saturated carbocycles. The molecule has 0 aliphatic rings. The molecule has 21 heavy (non-hydrogen) atoms. The van der Waals surface area contributed by atoms with Crippen LogP contribution in [0.2, 0.25) is 0 Å². The Labute approximate surface area is 124 Å². The minimum Gasteiger partial charge on any atom is -0.497 e. The highest BCUT2D eigenvalue weighted by Crippen LogP contribution is 2.13. The zero-order chi connectivity index (χ0) is 15.3. The molecule has 0 aromatic heterocycles. The Bertz CT molecular complexity index is 741. The van der Waals surface area contributed by atoms with Crippen LogP contribution in [0.3, 0.4) is 0 Å². The van der Waals surface area contributed by atoms with Crippen molar-refractivity contribution in [3.8, 4) is 5.75 Å². The summed E-state index contributed by atoms with van der Waals surface area (Å²) in [7, 11) is -2.07. The van der Waals surface area contributed by atoms with Crippen molar-refractivity contribution >= 4 is 15.7 Å². The summed E-state index contributed by atoms with van der Waals surface area (Å²) in [6.45, 7) is 1.72. The van der Waals surface area contributed by atoms with Crippen molar-refractivity contribution < 1.29 is 13.2 Å². The molecule has 1 N–H and O–H groups in total. The van der Waals surface area contributed by atoms with Crippen molar-refractivity contribution in [2.75, 3.05) is 7.11 Å². The number of benzene rings is 2. The van der Waals surface area contributed by atoms with Gasteiger partial charge in [-0.2, -0.15) is 18.4 Å². The molecule has 2 aromatic carbocycles. The van der Waals surface area contributed by atoms with Gasteiger partial charge in [0.2, 0.25) is 0 Å². The molecule has 2 rings (SSSR count). The van der Waals surface area contributed by atoms with Crippen LogP contribution in [0.15, 0.2) is 64.6 Å². The molecule has 0 bridgehead atoms. The molecule has 0 unspecified atom stereocenters. The minimum absolute atomic E-state index is 0.173. The monoisotopic (exact) mass is 304 g/mol. The molecule has 6 heteroatoms. The van der Waals surface area contributed by atoms with E-state index in [2.05, 4.69) is 9.93 Å². The molecule has 0 heterocycles. The van der Waals surface area contributed by atoms with Gasteiger partial charge in [-0.15, -0.1) is 0 Å². The van der Waals surface area contributed by atoms with Gasteiger partial charge in [-0.1, -0.05) is 30.3 Å². The highest BCUT2D eigenvalue weighted by atomic mass is 32.2. The summed E-state index contributed by atoms with van der Waals surface area (Å²) >= 11 is 0. The number of rotatable bonds is 5. The summed E-state index contributed by atoms with van der Waals surface area (Å²) in [5.74, 6) is 0.688. The first-order valence-electron chi connectivity index (χ1n) is 6.28. The van der Waals surface area contributed by atoms with E-state index in [0.29, 0.717) is 11.5 Å². The number of nitrogens with zero attached hydrogens (tertiary/aromatic N) is 1. The van der Waals surface area contributed by atoms with Gasteiger partial charge in [0.1, 0.15) is 5.75 Å². The Morgan fingerprint density at radius 3 is 2.48 bits per heavy atom. The smallest absolute Gasteiger partial charge is 0.276 e. The van der Waals surface area contributed by atoms with Crippen molar-refractivity contribution in [1.29, 1.82) is 0 Å².